The molecule has 1 unspecified atom stereocenters. The van der Waals surface area contributed by atoms with Crippen LogP contribution in [0.3, 0.4) is 0 Å². The van der Waals surface area contributed by atoms with Gasteiger partial charge in [0.25, 0.3) is 0 Å². The summed E-state index contributed by atoms with van der Waals surface area (Å²) in [5.41, 5.74) is 7.95. The molecule has 0 saturated carbocycles. The van der Waals surface area contributed by atoms with Gasteiger partial charge in [-0.1, -0.05) is 37.3 Å². The second-order valence-electron chi connectivity index (χ2n) is 7.21. The van der Waals surface area contributed by atoms with Gasteiger partial charge < -0.3 is 10.6 Å². The SMILES string of the molecule is CC1CCCN(CCn2nc3c(Br)c(-c4ccccc4)nc(N)n3c2=O)C1. The molecule has 0 radical (unpaired) electrons. The van der Waals surface area contributed by atoms with Crippen LogP contribution in [0.4, 0.5) is 5.95 Å². The van der Waals surface area contributed by atoms with E-state index in [4.69, 9.17) is 5.73 Å². The molecule has 1 atom stereocenters. The number of nitrogens with zero attached hydrogens (tertiary/aromatic N) is 5. The predicted molar refractivity (Wildman–Crippen MR) is 110 cm³/mol. The number of nitrogens with two attached hydrogens (primary N) is 1. The van der Waals surface area contributed by atoms with E-state index in [9.17, 15) is 4.79 Å². The zero-order valence-electron chi connectivity index (χ0n) is 15.3. The van der Waals surface area contributed by atoms with Crippen molar-refractivity contribution in [3.63, 3.8) is 0 Å². The van der Waals surface area contributed by atoms with Gasteiger partial charge >= 0.3 is 5.69 Å². The first-order chi connectivity index (χ1) is 13.0. The van der Waals surface area contributed by atoms with Gasteiger partial charge in [-0.3, -0.25) is 0 Å². The van der Waals surface area contributed by atoms with Crippen molar-refractivity contribution in [2.45, 2.75) is 26.3 Å². The zero-order valence-corrected chi connectivity index (χ0v) is 16.9. The molecule has 0 amide bonds. The lowest BCUT2D eigenvalue weighted by molar-refractivity contribution is 0.175. The third kappa shape index (κ3) is 3.51. The molecule has 0 bridgehead atoms. The summed E-state index contributed by atoms with van der Waals surface area (Å²) in [5.74, 6) is 0.855. The first-order valence-corrected chi connectivity index (χ1v) is 10.1. The van der Waals surface area contributed by atoms with Crippen molar-refractivity contribution >= 4 is 27.5 Å². The van der Waals surface area contributed by atoms with Crippen LogP contribution in [0.25, 0.3) is 16.9 Å². The van der Waals surface area contributed by atoms with Crippen LogP contribution in [-0.2, 0) is 6.54 Å². The van der Waals surface area contributed by atoms with Crippen LogP contribution < -0.4 is 11.4 Å². The molecule has 1 aliphatic heterocycles. The molecule has 3 aromatic rings. The molecule has 1 aromatic carbocycles. The Labute approximate surface area is 165 Å². The molecule has 2 N–H and O–H groups in total. The summed E-state index contributed by atoms with van der Waals surface area (Å²) in [5, 5.41) is 4.54. The number of nitrogen functional groups attached to an aromatic ring is 1. The fourth-order valence-electron chi connectivity index (χ4n) is 3.73. The van der Waals surface area contributed by atoms with E-state index >= 15 is 0 Å². The van der Waals surface area contributed by atoms with Gasteiger partial charge in [-0.05, 0) is 41.2 Å². The third-order valence-electron chi connectivity index (χ3n) is 5.12. The Hall–Kier alpha value is -2.19. The fraction of sp³-hybridized carbons (Fsp3) is 0.421. The lowest BCUT2D eigenvalue weighted by Crippen LogP contribution is -2.38. The first-order valence-electron chi connectivity index (χ1n) is 9.27. The smallest absolute Gasteiger partial charge is 0.353 e. The number of benzene rings is 1. The molecule has 0 spiro atoms. The summed E-state index contributed by atoms with van der Waals surface area (Å²) < 4.78 is 3.53. The van der Waals surface area contributed by atoms with Crippen molar-refractivity contribution in [1.29, 1.82) is 0 Å². The molecule has 7 nitrogen and oxygen atoms in total. The van der Waals surface area contributed by atoms with Crippen LogP contribution in [0.2, 0.25) is 0 Å². The Kier molecular flexibility index (Phi) is 5.01. The number of piperidine rings is 1. The summed E-state index contributed by atoms with van der Waals surface area (Å²) in [6.07, 6.45) is 2.49. The van der Waals surface area contributed by atoms with Gasteiger partial charge in [0.15, 0.2) is 5.65 Å². The first kappa shape index (κ1) is 18.2. The molecule has 4 rings (SSSR count). The van der Waals surface area contributed by atoms with E-state index in [1.54, 1.807) is 0 Å². The lowest BCUT2D eigenvalue weighted by Gasteiger charge is -2.30. The van der Waals surface area contributed by atoms with Gasteiger partial charge in [-0.15, -0.1) is 5.10 Å². The maximum Gasteiger partial charge on any atom is 0.353 e. The summed E-state index contributed by atoms with van der Waals surface area (Å²) >= 11 is 3.57. The van der Waals surface area contributed by atoms with Gasteiger partial charge in [0, 0.05) is 18.7 Å². The Morgan fingerprint density at radius 2 is 2.04 bits per heavy atom. The van der Waals surface area contributed by atoms with Gasteiger partial charge in [-0.2, -0.15) is 0 Å². The number of halogens is 1. The second-order valence-corrected chi connectivity index (χ2v) is 8.00. The highest BCUT2D eigenvalue weighted by Crippen LogP contribution is 2.29. The van der Waals surface area contributed by atoms with E-state index in [0.29, 0.717) is 28.3 Å². The number of aromatic nitrogens is 4. The number of fused-ring (bicyclic) bond motifs is 1. The van der Waals surface area contributed by atoms with Crippen molar-refractivity contribution in [2.24, 2.45) is 5.92 Å². The van der Waals surface area contributed by atoms with Crippen LogP contribution in [0, 0.1) is 5.92 Å². The Morgan fingerprint density at radius 3 is 2.78 bits per heavy atom. The molecular weight excluding hydrogens is 408 g/mol. The molecule has 3 heterocycles. The van der Waals surface area contributed by atoms with Crippen LogP contribution in [-0.4, -0.2) is 43.7 Å². The van der Waals surface area contributed by atoms with Crippen molar-refractivity contribution in [3.8, 4) is 11.3 Å². The molecule has 1 aliphatic rings. The molecule has 0 aliphatic carbocycles. The molecule has 1 fully saturated rings. The molecule has 142 valence electrons. The van der Waals surface area contributed by atoms with E-state index in [-0.39, 0.29) is 11.6 Å². The molecule has 27 heavy (non-hydrogen) atoms. The van der Waals surface area contributed by atoms with Crippen LogP contribution in [0.5, 0.6) is 0 Å². The van der Waals surface area contributed by atoms with E-state index in [2.05, 4.69) is 37.8 Å². The van der Waals surface area contributed by atoms with Crippen LogP contribution in [0.1, 0.15) is 19.8 Å². The van der Waals surface area contributed by atoms with Gasteiger partial charge in [0.1, 0.15) is 0 Å². The minimum Gasteiger partial charge on any atom is -0.369 e. The topological polar surface area (TPSA) is 81.4 Å². The summed E-state index contributed by atoms with van der Waals surface area (Å²) in [7, 11) is 0. The Balaban J connectivity index is 1.68. The number of hydrogen-bond donors (Lipinski definition) is 1. The zero-order chi connectivity index (χ0) is 19.0. The minimum absolute atomic E-state index is 0.148. The lowest BCUT2D eigenvalue weighted by atomic mass is 10.0. The standard InChI is InChI=1S/C19H23BrN6O/c1-13-6-5-9-24(12-13)10-11-25-19(27)26-17(23-25)15(20)16(22-18(26)21)14-7-3-2-4-8-14/h2-4,7-8,13H,5-6,9-12H2,1H3,(H2,21,22). The van der Waals surface area contributed by atoms with Gasteiger partial charge in [0.05, 0.1) is 16.7 Å². The maximum atomic E-state index is 12.8. The van der Waals surface area contributed by atoms with E-state index < -0.39 is 0 Å². The van der Waals surface area contributed by atoms with E-state index in [1.807, 2.05) is 30.3 Å². The third-order valence-corrected chi connectivity index (χ3v) is 5.85. The van der Waals surface area contributed by atoms with Crippen molar-refractivity contribution in [1.82, 2.24) is 24.1 Å². The average Bonchev–Trinajstić information content (AvgIpc) is 3.01. The fourth-order valence-corrected chi connectivity index (χ4v) is 4.31. The van der Waals surface area contributed by atoms with E-state index in [0.717, 1.165) is 25.2 Å². The number of hydrogen-bond acceptors (Lipinski definition) is 5. The predicted octanol–water partition coefficient (Wildman–Crippen LogP) is 2.63. The van der Waals surface area contributed by atoms with Crippen molar-refractivity contribution in [2.75, 3.05) is 25.4 Å². The quantitative estimate of drug-likeness (QED) is 0.687. The number of rotatable bonds is 4. The minimum atomic E-state index is -0.250. The highest BCUT2D eigenvalue weighted by atomic mass is 79.9. The van der Waals surface area contributed by atoms with Crippen LogP contribution in [0.15, 0.2) is 39.6 Å². The summed E-state index contributed by atoms with van der Waals surface area (Å²) in [4.78, 5) is 19.6. The molecule has 1 saturated heterocycles. The number of anilines is 1. The maximum absolute atomic E-state index is 12.8. The monoisotopic (exact) mass is 430 g/mol. The highest BCUT2D eigenvalue weighted by molar-refractivity contribution is 9.10. The van der Waals surface area contributed by atoms with E-state index in [1.165, 1.54) is 21.9 Å². The van der Waals surface area contributed by atoms with Gasteiger partial charge in [-0.25, -0.2) is 18.9 Å². The average molecular weight is 431 g/mol. The largest absolute Gasteiger partial charge is 0.369 e. The van der Waals surface area contributed by atoms with Crippen LogP contribution >= 0.6 is 15.9 Å². The van der Waals surface area contributed by atoms with Gasteiger partial charge in [0.2, 0.25) is 5.95 Å². The summed E-state index contributed by atoms with van der Waals surface area (Å²) in [6, 6.07) is 9.73. The number of likely N-dealkylation sites (tertiary alicyclic amines) is 1. The Morgan fingerprint density at radius 1 is 1.26 bits per heavy atom. The second kappa shape index (κ2) is 7.44. The Bertz CT molecular complexity index is 1010. The van der Waals surface area contributed by atoms with Crippen molar-refractivity contribution in [3.05, 3.63) is 45.3 Å². The summed E-state index contributed by atoms with van der Waals surface area (Å²) in [6.45, 7) is 5.79. The highest BCUT2D eigenvalue weighted by Gasteiger charge is 2.20. The van der Waals surface area contributed by atoms with Crippen molar-refractivity contribution < 1.29 is 0 Å². The molecule has 8 heteroatoms. The molecule has 2 aromatic heterocycles. The normalized spacial score (nSPS) is 18.2. The molecular formula is C19H23BrN6O.